The van der Waals surface area contributed by atoms with Crippen molar-refractivity contribution in [3.8, 4) is 0 Å². The second kappa shape index (κ2) is 7.65. The van der Waals surface area contributed by atoms with Crippen LogP contribution in [0.4, 0.5) is 11.8 Å². The molecule has 0 atom stereocenters. The summed E-state index contributed by atoms with van der Waals surface area (Å²) in [7, 11) is 1.80. The van der Waals surface area contributed by atoms with E-state index in [1.165, 1.54) is 32.1 Å². The molecule has 2 rings (SSSR count). The third-order valence-corrected chi connectivity index (χ3v) is 3.85. The molecular formula is C13H21BrN4O. The van der Waals surface area contributed by atoms with Crippen molar-refractivity contribution in [2.24, 2.45) is 0 Å². The maximum Gasteiger partial charge on any atom is 0.224 e. The van der Waals surface area contributed by atoms with E-state index < -0.39 is 0 Å². The number of hydrogen-bond acceptors (Lipinski definition) is 5. The van der Waals surface area contributed by atoms with Crippen LogP contribution in [-0.2, 0) is 4.74 Å². The average molecular weight is 329 g/mol. The average Bonchev–Trinajstić information content (AvgIpc) is 2.46. The maximum absolute atomic E-state index is 5.86. The number of hydrogen-bond donors (Lipinski definition) is 2. The van der Waals surface area contributed by atoms with E-state index >= 15 is 0 Å². The van der Waals surface area contributed by atoms with E-state index in [0.29, 0.717) is 12.1 Å². The third kappa shape index (κ3) is 4.62. The molecule has 5 nitrogen and oxygen atoms in total. The molecule has 0 amide bonds. The highest BCUT2D eigenvalue weighted by atomic mass is 79.9. The summed E-state index contributed by atoms with van der Waals surface area (Å²) in [6.45, 7) is 1.48. The fourth-order valence-electron chi connectivity index (χ4n) is 2.24. The van der Waals surface area contributed by atoms with Gasteiger partial charge in [-0.05, 0) is 28.8 Å². The van der Waals surface area contributed by atoms with Crippen molar-refractivity contribution >= 4 is 27.7 Å². The van der Waals surface area contributed by atoms with E-state index in [4.69, 9.17) is 4.74 Å². The molecule has 106 valence electrons. The summed E-state index contributed by atoms with van der Waals surface area (Å²) in [5.41, 5.74) is 0. The minimum Gasteiger partial charge on any atom is -0.376 e. The molecule has 1 fully saturated rings. The summed E-state index contributed by atoms with van der Waals surface area (Å²) in [5.74, 6) is 1.41. The van der Waals surface area contributed by atoms with Crippen molar-refractivity contribution in [2.45, 2.75) is 38.2 Å². The van der Waals surface area contributed by atoms with E-state index in [0.717, 1.165) is 23.4 Å². The van der Waals surface area contributed by atoms with Crippen LogP contribution in [-0.4, -0.2) is 36.3 Å². The first-order valence-corrected chi connectivity index (χ1v) is 7.64. The van der Waals surface area contributed by atoms with Gasteiger partial charge in [0.2, 0.25) is 5.95 Å². The van der Waals surface area contributed by atoms with E-state index in [9.17, 15) is 0 Å². The Hall–Kier alpha value is -0.880. The highest BCUT2D eigenvalue weighted by Crippen LogP contribution is 2.21. The summed E-state index contributed by atoms with van der Waals surface area (Å²) in [6, 6.07) is 0. The Balaban J connectivity index is 1.72. The Kier molecular flexibility index (Phi) is 5.85. The predicted molar refractivity (Wildman–Crippen MR) is 80.6 cm³/mol. The molecule has 0 saturated heterocycles. The highest BCUT2D eigenvalue weighted by Gasteiger charge is 2.13. The molecular weight excluding hydrogens is 308 g/mol. The molecule has 1 aromatic rings. The van der Waals surface area contributed by atoms with Gasteiger partial charge in [0.1, 0.15) is 5.82 Å². The number of rotatable bonds is 6. The minimum absolute atomic E-state index is 0.456. The second-order valence-electron chi connectivity index (χ2n) is 4.70. The molecule has 0 aliphatic heterocycles. The molecule has 0 unspecified atom stereocenters. The van der Waals surface area contributed by atoms with Crippen molar-refractivity contribution in [1.29, 1.82) is 0 Å². The summed E-state index contributed by atoms with van der Waals surface area (Å²) in [5, 5.41) is 6.19. The normalized spacial score (nSPS) is 16.3. The van der Waals surface area contributed by atoms with Crippen LogP contribution in [0.15, 0.2) is 10.7 Å². The van der Waals surface area contributed by atoms with E-state index in [1.54, 1.807) is 13.2 Å². The Morgan fingerprint density at radius 1 is 1.37 bits per heavy atom. The van der Waals surface area contributed by atoms with Crippen molar-refractivity contribution in [3.05, 3.63) is 10.7 Å². The van der Waals surface area contributed by atoms with Crippen LogP contribution < -0.4 is 10.6 Å². The second-order valence-corrected chi connectivity index (χ2v) is 5.55. The summed E-state index contributed by atoms with van der Waals surface area (Å²) >= 11 is 3.43. The van der Waals surface area contributed by atoms with Crippen molar-refractivity contribution in [3.63, 3.8) is 0 Å². The number of halogens is 1. The van der Waals surface area contributed by atoms with Crippen molar-refractivity contribution in [1.82, 2.24) is 9.97 Å². The fourth-order valence-corrected chi connectivity index (χ4v) is 2.57. The fraction of sp³-hybridized carbons (Fsp3) is 0.692. The van der Waals surface area contributed by atoms with Crippen molar-refractivity contribution < 1.29 is 4.74 Å². The standard InChI is InChI=1S/C13H21BrN4O/c1-15-13-17-9-11(14)12(18-13)16-7-8-19-10-5-3-2-4-6-10/h9-10H,2-8H2,1H3,(H2,15,16,17,18). The molecule has 1 heterocycles. The minimum atomic E-state index is 0.456. The molecule has 0 bridgehead atoms. The molecule has 0 aromatic carbocycles. The summed E-state index contributed by atoms with van der Waals surface area (Å²) in [6.07, 6.45) is 8.59. The Bertz CT molecular complexity index is 396. The van der Waals surface area contributed by atoms with E-state index in [1.807, 2.05) is 0 Å². The SMILES string of the molecule is CNc1ncc(Br)c(NCCOC2CCCCC2)n1. The first kappa shape index (κ1) is 14.5. The van der Waals surface area contributed by atoms with Crippen LogP contribution in [0.1, 0.15) is 32.1 Å². The Morgan fingerprint density at radius 2 is 2.16 bits per heavy atom. The Morgan fingerprint density at radius 3 is 2.89 bits per heavy atom. The van der Waals surface area contributed by atoms with Gasteiger partial charge in [0.15, 0.2) is 0 Å². The van der Waals surface area contributed by atoms with Gasteiger partial charge < -0.3 is 15.4 Å². The summed E-state index contributed by atoms with van der Waals surface area (Å²) < 4.78 is 6.73. The quantitative estimate of drug-likeness (QED) is 0.786. The molecule has 1 aliphatic carbocycles. The molecule has 1 aromatic heterocycles. The van der Waals surface area contributed by atoms with Gasteiger partial charge in [-0.2, -0.15) is 4.98 Å². The summed E-state index contributed by atoms with van der Waals surface area (Å²) in [4.78, 5) is 8.46. The number of anilines is 2. The molecule has 6 heteroatoms. The lowest BCUT2D eigenvalue weighted by molar-refractivity contribution is 0.0347. The van der Waals surface area contributed by atoms with E-state index in [-0.39, 0.29) is 0 Å². The molecule has 0 spiro atoms. The lowest BCUT2D eigenvalue weighted by atomic mass is 9.98. The third-order valence-electron chi connectivity index (χ3n) is 3.27. The zero-order valence-electron chi connectivity index (χ0n) is 11.3. The van der Waals surface area contributed by atoms with E-state index in [2.05, 4.69) is 36.5 Å². The van der Waals surface area contributed by atoms with Crippen LogP contribution in [0.3, 0.4) is 0 Å². The van der Waals surface area contributed by atoms with Gasteiger partial charge in [0.05, 0.1) is 17.2 Å². The van der Waals surface area contributed by atoms with Crippen LogP contribution >= 0.6 is 15.9 Å². The predicted octanol–water partition coefficient (Wildman–Crippen LogP) is 3.04. The highest BCUT2D eigenvalue weighted by molar-refractivity contribution is 9.10. The van der Waals surface area contributed by atoms with Gasteiger partial charge in [-0.3, -0.25) is 0 Å². The molecule has 1 aliphatic rings. The topological polar surface area (TPSA) is 59.1 Å². The van der Waals surface area contributed by atoms with Crippen LogP contribution in [0.25, 0.3) is 0 Å². The maximum atomic E-state index is 5.86. The van der Waals surface area contributed by atoms with Gasteiger partial charge in [-0.25, -0.2) is 4.98 Å². The number of nitrogens with zero attached hydrogens (tertiary/aromatic N) is 2. The number of nitrogens with one attached hydrogen (secondary N) is 2. The van der Waals surface area contributed by atoms with Crippen LogP contribution in [0.5, 0.6) is 0 Å². The zero-order chi connectivity index (χ0) is 13.5. The van der Waals surface area contributed by atoms with Gasteiger partial charge in [0.25, 0.3) is 0 Å². The molecule has 19 heavy (non-hydrogen) atoms. The van der Waals surface area contributed by atoms with Crippen LogP contribution in [0.2, 0.25) is 0 Å². The zero-order valence-corrected chi connectivity index (χ0v) is 12.9. The molecule has 1 saturated carbocycles. The molecule has 0 radical (unpaired) electrons. The monoisotopic (exact) mass is 328 g/mol. The number of aromatic nitrogens is 2. The molecule has 2 N–H and O–H groups in total. The van der Waals surface area contributed by atoms with Gasteiger partial charge >= 0.3 is 0 Å². The van der Waals surface area contributed by atoms with Crippen LogP contribution in [0, 0.1) is 0 Å². The lowest BCUT2D eigenvalue weighted by Crippen LogP contribution is -2.21. The largest absolute Gasteiger partial charge is 0.376 e. The van der Waals surface area contributed by atoms with Gasteiger partial charge in [-0.15, -0.1) is 0 Å². The first-order valence-electron chi connectivity index (χ1n) is 6.85. The van der Waals surface area contributed by atoms with Gasteiger partial charge in [-0.1, -0.05) is 19.3 Å². The lowest BCUT2D eigenvalue weighted by Gasteiger charge is -2.22. The van der Waals surface area contributed by atoms with Gasteiger partial charge in [0, 0.05) is 19.8 Å². The Labute approximate surface area is 122 Å². The number of ether oxygens (including phenoxy) is 1. The smallest absolute Gasteiger partial charge is 0.224 e. The first-order chi connectivity index (χ1) is 9.29. The van der Waals surface area contributed by atoms with Crippen molar-refractivity contribution in [2.75, 3.05) is 30.8 Å².